The van der Waals surface area contributed by atoms with Crippen LogP contribution in [0.3, 0.4) is 0 Å². The van der Waals surface area contributed by atoms with Gasteiger partial charge in [0, 0.05) is 34.9 Å². The first kappa shape index (κ1) is 25.2. The maximum absolute atomic E-state index is 12.4. The zero-order chi connectivity index (χ0) is 26.5. The van der Waals surface area contributed by atoms with E-state index in [1.54, 1.807) is 25.6 Å². The van der Waals surface area contributed by atoms with Gasteiger partial charge in [-0.05, 0) is 71.6 Å². The lowest BCUT2D eigenvalue weighted by molar-refractivity contribution is -0.121. The fraction of sp³-hybridized carbons (Fsp3) is 0.133. The molecular weight excluding hydrogens is 498 g/mol. The second-order valence-electron chi connectivity index (χ2n) is 8.92. The van der Waals surface area contributed by atoms with E-state index < -0.39 is 11.8 Å². The van der Waals surface area contributed by atoms with Crippen molar-refractivity contribution in [2.75, 3.05) is 19.0 Å². The van der Waals surface area contributed by atoms with Gasteiger partial charge in [0.15, 0.2) is 5.82 Å². The van der Waals surface area contributed by atoms with Gasteiger partial charge in [0.05, 0.1) is 18.5 Å². The fourth-order valence-electron chi connectivity index (χ4n) is 4.31. The number of ether oxygens (including phenoxy) is 1. The van der Waals surface area contributed by atoms with E-state index in [0.29, 0.717) is 29.6 Å². The number of aromatic nitrogens is 3. The van der Waals surface area contributed by atoms with Crippen molar-refractivity contribution in [2.45, 2.75) is 6.42 Å². The molecule has 1 unspecified atom stereocenters. The number of primary amides is 1. The van der Waals surface area contributed by atoms with E-state index in [2.05, 4.69) is 10.3 Å². The lowest BCUT2D eigenvalue weighted by Crippen LogP contribution is -2.31. The van der Waals surface area contributed by atoms with Gasteiger partial charge in [-0.3, -0.25) is 9.78 Å². The van der Waals surface area contributed by atoms with Crippen molar-refractivity contribution in [1.29, 1.82) is 0 Å². The highest BCUT2D eigenvalue weighted by atomic mass is 35.5. The Morgan fingerprint density at radius 2 is 1.79 bits per heavy atom. The number of hydrogen-bond donors (Lipinski definition) is 2. The summed E-state index contributed by atoms with van der Waals surface area (Å²) in [5, 5.41) is 4.83. The van der Waals surface area contributed by atoms with Gasteiger partial charge in [-0.25, -0.2) is 9.97 Å². The number of fused-ring (bicyclic) bond motifs is 1. The lowest BCUT2D eigenvalue weighted by atomic mass is 9.98. The largest absolute Gasteiger partial charge is 0.497 e. The molecule has 0 saturated heterocycles. The Morgan fingerprint density at radius 3 is 2.55 bits per heavy atom. The first-order valence-electron chi connectivity index (χ1n) is 12.1. The predicted octanol–water partition coefficient (Wildman–Crippen LogP) is 5.78. The number of pyridine rings is 1. The number of amides is 1. The predicted molar refractivity (Wildman–Crippen MR) is 151 cm³/mol. The van der Waals surface area contributed by atoms with Gasteiger partial charge in [-0.2, -0.15) is 0 Å². The third kappa shape index (κ3) is 5.74. The molecule has 190 valence electrons. The summed E-state index contributed by atoms with van der Waals surface area (Å²) in [6, 6.07) is 25.1. The molecule has 2 aromatic heterocycles. The van der Waals surface area contributed by atoms with E-state index in [9.17, 15) is 4.79 Å². The summed E-state index contributed by atoms with van der Waals surface area (Å²) in [5.74, 6) is 1.04. The summed E-state index contributed by atoms with van der Waals surface area (Å²) in [6.07, 6.45) is 3.88. The van der Waals surface area contributed by atoms with Crippen LogP contribution in [0, 0.1) is 5.92 Å². The Bertz CT molecular complexity index is 1590. The fourth-order valence-corrected chi connectivity index (χ4v) is 4.52. The van der Waals surface area contributed by atoms with Gasteiger partial charge in [0.25, 0.3) is 0 Å². The number of halogens is 1. The van der Waals surface area contributed by atoms with Crippen molar-refractivity contribution >= 4 is 34.2 Å². The summed E-state index contributed by atoms with van der Waals surface area (Å²) >= 11 is 6.14. The number of rotatable bonds is 9. The van der Waals surface area contributed by atoms with Gasteiger partial charge in [0.1, 0.15) is 11.6 Å². The molecular formula is C30H26ClN5O2. The molecule has 0 aliphatic heterocycles. The van der Waals surface area contributed by atoms with Crippen LogP contribution >= 0.6 is 11.6 Å². The molecule has 0 bridgehead atoms. The Balaban J connectivity index is 1.53. The van der Waals surface area contributed by atoms with Crippen molar-refractivity contribution in [3.8, 4) is 28.3 Å². The van der Waals surface area contributed by atoms with Crippen molar-refractivity contribution in [2.24, 2.45) is 11.7 Å². The average Bonchev–Trinajstić information content (AvgIpc) is 2.95. The molecule has 1 atom stereocenters. The molecule has 3 aromatic carbocycles. The minimum absolute atomic E-state index is 0.295. The van der Waals surface area contributed by atoms with E-state index in [1.807, 2.05) is 72.8 Å². The molecule has 3 N–H and O–H groups in total. The van der Waals surface area contributed by atoms with E-state index in [-0.39, 0.29) is 0 Å². The third-order valence-electron chi connectivity index (χ3n) is 6.31. The van der Waals surface area contributed by atoms with Crippen molar-refractivity contribution in [3.63, 3.8) is 0 Å². The van der Waals surface area contributed by atoms with Gasteiger partial charge in [-0.15, -0.1) is 0 Å². The van der Waals surface area contributed by atoms with Crippen LogP contribution in [0.1, 0.15) is 5.56 Å². The second-order valence-corrected chi connectivity index (χ2v) is 9.35. The molecule has 0 radical (unpaired) electrons. The Morgan fingerprint density at radius 1 is 0.974 bits per heavy atom. The van der Waals surface area contributed by atoms with Crippen LogP contribution in [0.2, 0.25) is 5.02 Å². The van der Waals surface area contributed by atoms with Gasteiger partial charge >= 0.3 is 0 Å². The molecule has 0 aliphatic rings. The van der Waals surface area contributed by atoms with Crippen LogP contribution in [0.5, 0.6) is 5.75 Å². The van der Waals surface area contributed by atoms with Crippen LogP contribution in [0.15, 0.2) is 91.3 Å². The molecule has 1 amide bonds. The number of benzene rings is 3. The topological polar surface area (TPSA) is 103 Å². The monoisotopic (exact) mass is 523 g/mol. The highest BCUT2D eigenvalue weighted by Crippen LogP contribution is 2.31. The normalized spacial score (nSPS) is 11.7. The molecule has 5 aromatic rings. The Hall–Kier alpha value is -4.49. The lowest BCUT2D eigenvalue weighted by Gasteiger charge is -2.17. The number of methoxy groups -OCH3 is 1. The molecule has 0 aliphatic carbocycles. The quantitative estimate of drug-likeness (QED) is 0.254. The number of carbonyl (C=O) groups excluding carboxylic acids is 1. The maximum atomic E-state index is 12.4. The highest BCUT2D eigenvalue weighted by molar-refractivity contribution is 6.30. The smallest absolute Gasteiger partial charge is 0.222 e. The number of carbonyl (C=O) groups is 1. The average molecular weight is 524 g/mol. The van der Waals surface area contributed by atoms with Gasteiger partial charge in [-0.1, -0.05) is 41.9 Å². The highest BCUT2D eigenvalue weighted by Gasteiger charge is 2.18. The standard InChI is InChI=1S/C30H26ClN5O2/c1-38-25-9-3-6-20(15-25)21-10-11-27-26(16-21)30(36-29(35-27)22-7-4-12-33-17-22)34-18-23(28(32)37)13-19-5-2-8-24(31)14-19/h2-12,14-17,23H,13,18H2,1H3,(H2,32,37)(H,34,35,36). The first-order chi connectivity index (χ1) is 18.5. The summed E-state index contributed by atoms with van der Waals surface area (Å²) in [6.45, 7) is 0.295. The third-order valence-corrected chi connectivity index (χ3v) is 6.54. The summed E-state index contributed by atoms with van der Waals surface area (Å²) in [4.78, 5) is 26.2. The van der Waals surface area contributed by atoms with Crippen LogP contribution in [0.25, 0.3) is 33.4 Å². The molecule has 5 rings (SSSR count). The first-order valence-corrected chi connectivity index (χ1v) is 12.5. The molecule has 38 heavy (non-hydrogen) atoms. The molecule has 0 saturated carbocycles. The van der Waals surface area contributed by atoms with E-state index in [4.69, 9.17) is 32.0 Å². The Labute approximate surface area is 225 Å². The van der Waals surface area contributed by atoms with Crippen LogP contribution in [-0.2, 0) is 11.2 Å². The molecule has 0 fully saturated rings. The zero-order valence-electron chi connectivity index (χ0n) is 20.8. The minimum atomic E-state index is -0.470. The van der Waals surface area contributed by atoms with E-state index in [0.717, 1.165) is 38.9 Å². The zero-order valence-corrected chi connectivity index (χ0v) is 21.5. The number of nitrogens with two attached hydrogens (primary N) is 1. The Kier molecular flexibility index (Phi) is 7.47. The summed E-state index contributed by atoms with van der Waals surface area (Å²) in [5.41, 5.74) is 10.3. The molecule has 7 nitrogen and oxygen atoms in total. The summed E-state index contributed by atoms with van der Waals surface area (Å²) < 4.78 is 5.40. The molecule has 2 heterocycles. The SMILES string of the molecule is COc1cccc(-c2ccc3nc(-c4cccnc4)nc(NCC(Cc4cccc(Cl)c4)C(N)=O)c3c2)c1. The van der Waals surface area contributed by atoms with Crippen molar-refractivity contribution in [1.82, 2.24) is 15.0 Å². The number of nitrogens with zero attached hydrogens (tertiary/aromatic N) is 3. The molecule has 8 heteroatoms. The number of anilines is 1. The van der Waals surface area contributed by atoms with E-state index >= 15 is 0 Å². The van der Waals surface area contributed by atoms with Gasteiger partial charge < -0.3 is 15.8 Å². The summed E-state index contributed by atoms with van der Waals surface area (Å²) in [7, 11) is 1.65. The maximum Gasteiger partial charge on any atom is 0.222 e. The number of nitrogens with one attached hydrogen (secondary N) is 1. The van der Waals surface area contributed by atoms with Crippen LogP contribution in [0.4, 0.5) is 5.82 Å². The second kappa shape index (κ2) is 11.3. The number of hydrogen-bond acceptors (Lipinski definition) is 6. The molecule has 0 spiro atoms. The van der Waals surface area contributed by atoms with Crippen molar-refractivity contribution in [3.05, 3.63) is 102 Å². The van der Waals surface area contributed by atoms with Gasteiger partial charge in [0.2, 0.25) is 5.91 Å². The minimum Gasteiger partial charge on any atom is -0.497 e. The van der Waals surface area contributed by atoms with Crippen LogP contribution in [-0.4, -0.2) is 34.5 Å². The van der Waals surface area contributed by atoms with Crippen molar-refractivity contribution < 1.29 is 9.53 Å². The van der Waals surface area contributed by atoms with Crippen LogP contribution < -0.4 is 15.8 Å². The van der Waals surface area contributed by atoms with E-state index in [1.165, 1.54) is 0 Å².